The minimum Gasteiger partial charge on any atom is -0.452 e. The lowest BCUT2D eigenvalue weighted by Gasteiger charge is -2.22. The number of para-hydroxylation sites is 2. The summed E-state index contributed by atoms with van der Waals surface area (Å²) in [6.07, 6.45) is 3.74. The van der Waals surface area contributed by atoms with E-state index >= 15 is 0 Å². The first-order valence-corrected chi connectivity index (χ1v) is 9.54. The molecule has 0 saturated carbocycles. The Balaban J connectivity index is 1.37. The second-order valence-corrected chi connectivity index (χ2v) is 7.47. The van der Waals surface area contributed by atoms with Gasteiger partial charge in [0.25, 0.3) is 5.91 Å². The Morgan fingerprint density at radius 1 is 1.22 bits per heavy atom. The number of esters is 1. The Labute approximate surface area is 160 Å². The number of carbonyl (C=O) groups excluding carboxylic acids is 2. The van der Waals surface area contributed by atoms with Crippen LogP contribution in [0.1, 0.15) is 17.5 Å². The van der Waals surface area contributed by atoms with Gasteiger partial charge in [-0.2, -0.15) is 0 Å². The average molecular weight is 378 g/mol. The molecule has 0 N–H and O–H groups in total. The van der Waals surface area contributed by atoms with Crippen molar-refractivity contribution in [1.29, 1.82) is 0 Å². The molecule has 3 aromatic rings. The van der Waals surface area contributed by atoms with E-state index < -0.39 is 5.97 Å². The zero-order valence-corrected chi connectivity index (χ0v) is 15.6. The van der Waals surface area contributed by atoms with E-state index in [1.807, 2.05) is 55.5 Å². The molecule has 27 heavy (non-hydrogen) atoms. The fourth-order valence-corrected chi connectivity index (χ4v) is 4.17. The van der Waals surface area contributed by atoms with Crippen LogP contribution < -0.4 is 4.90 Å². The second-order valence-electron chi connectivity index (χ2n) is 6.41. The third-order valence-electron chi connectivity index (χ3n) is 4.49. The van der Waals surface area contributed by atoms with Gasteiger partial charge in [0.2, 0.25) is 0 Å². The zero-order chi connectivity index (χ0) is 18.8. The van der Waals surface area contributed by atoms with Gasteiger partial charge in [-0.05, 0) is 43.2 Å². The quantitative estimate of drug-likeness (QED) is 0.511. The summed E-state index contributed by atoms with van der Waals surface area (Å²) < 4.78 is 6.19. The monoisotopic (exact) mass is 378 g/mol. The summed E-state index contributed by atoms with van der Waals surface area (Å²) in [7, 11) is 0. The van der Waals surface area contributed by atoms with Crippen molar-refractivity contribution in [2.24, 2.45) is 0 Å². The van der Waals surface area contributed by atoms with Crippen LogP contribution in [0.15, 0.2) is 54.6 Å². The first-order chi connectivity index (χ1) is 13.1. The molecule has 0 fully saturated rings. The Kier molecular flexibility index (Phi) is 4.73. The van der Waals surface area contributed by atoms with Crippen molar-refractivity contribution in [3.63, 3.8) is 0 Å². The molecular weight excluding hydrogens is 360 g/mol. The van der Waals surface area contributed by atoms with Gasteiger partial charge in [0.05, 0.1) is 10.2 Å². The molecule has 1 atom stereocenters. The highest BCUT2D eigenvalue weighted by Crippen LogP contribution is 2.31. The van der Waals surface area contributed by atoms with Gasteiger partial charge in [-0.25, -0.2) is 9.78 Å². The standard InChI is InChI=1S/C21H18N2O3S/c1-14-12-15-6-2-4-8-17(15)23(14)20(24)13-26-21(25)11-10-19-22-16-7-3-5-9-18(16)27-19/h2-11,14H,12-13H2,1H3/b11-10+/t14-/m1/s1. The molecule has 4 rings (SSSR count). The molecule has 0 radical (unpaired) electrons. The summed E-state index contributed by atoms with van der Waals surface area (Å²) >= 11 is 1.50. The molecule has 6 heteroatoms. The molecule has 1 aromatic heterocycles. The number of hydrogen-bond acceptors (Lipinski definition) is 5. The van der Waals surface area contributed by atoms with Crippen LogP contribution in [-0.2, 0) is 20.7 Å². The SMILES string of the molecule is C[C@@H]1Cc2ccccc2N1C(=O)COC(=O)/C=C/c1nc2ccccc2s1. The minimum atomic E-state index is -0.553. The highest BCUT2D eigenvalue weighted by atomic mass is 32.1. The lowest BCUT2D eigenvalue weighted by molar-refractivity contribution is -0.143. The van der Waals surface area contributed by atoms with Crippen molar-refractivity contribution in [3.8, 4) is 0 Å². The lowest BCUT2D eigenvalue weighted by atomic mass is 10.1. The second kappa shape index (κ2) is 7.32. The molecule has 0 unspecified atom stereocenters. The first kappa shape index (κ1) is 17.4. The largest absolute Gasteiger partial charge is 0.452 e. The van der Waals surface area contributed by atoms with Crippen molar-refractivity contribution in [2.45, 2.75) is 19.4 Å². The molecule has 1 aliphatic heterocycles. The van der Waals surface area contributed by atoms with Crippen LogP contribution in [-0.4, -0.2) is 29.5 Å². The molecule has 136 valence electrons. The molecule has 1 amide bonds. The molecule has 1 aliphatic rings. The molecule has 0 saturated heterocycles. The van der Waals surface area contributed by atoms with Crippen molar-refractivity contribution < 1.29 is 14.3 Å². The number of benzene rings is 2. The van der Waals surface area contributed by atoms with E-state index in [0.717, 1.165) is 32.9 Å². The van der Waals surface area contributed by atoms with Gasteiger partial charge in [-0.3, -0.25) is 4.79 Å². The number of aromatic nitrogens is 1. The Morgan fingerprint density at radius 2 is 2.00 bits per heavy atom. The van der Waals surface area contributed by atoms with E-state index in [2.05, 4.69) is 4.98 Å². The van der Waals surface area contributed by atoms with Gasteiger partial charge in [-0.15, -0.1) is 11.3 Å². The van der Waals surface area contributed by atoms with E-state index in [4.69, 9.17) is 4.74 Å². The minimum absolute atomic E-state index is 0.0619. The topological polar surface area (TPSA) is 59.5 Å². The van der Waals surface area contributed by atoms with Crippen LogP contribution in [0.3, 0.4) is 0 Å². The number of carbonyl (C=O) groups is 2. The predicted octanol–water partition coefficient (Wildman–Crippen LogP) is 3.83. The summed E-state index contributed by atoms with van der Waals surface area (Å²) in [5.41, 5.74) is 2.93. The highest BCUT2D eigenvalue weighted by molar-refractivity contribution is 7.19. The summed E-state index contributed by atoms with van der Waals surface area (Å²) in [4.78, 5) is 30.6. The smallest absolute Gasteiger partial charge is 0.331 e. The maximum absolute atomic E-state index is 12.5. The summed E-state index contributed by atoms with van der Waals surface area (Å²) in [5, 5.41) is 0.724. The van der Waals surface area contributed by atoms with Gasteiger partial charge in [-0.1, -0.05) is 30.3 Å². The third-order valence-corrected chi connectivity index (χ3v) is 5.49. The number of anilines is 1. The van der Waals surface area contributed by atoms with E-state index in [0.29, 0.717) is 0 Å². The van der Waals surface area contributed by atoms with Crippen LogP contribution in [0.2, 0.25) is 0 Å². The molecular formula is C21H18N2O3S. The summed E-state index contributed by atoms with van der Waals surface area (Å²) in [6.45, 7) is 1.72. The maximum Gasteiger partial charge on any atom is 0.331 e. The fourth-order valence-electron chi connectivity index (χ4n) is 3.30. The predicted molar refractivity (Wildman–Crippen MR) is 107 cm³/mol. The summed E-state index contributed by atoms with van der Waals surface area (Å²) in [5.74, 6) is -0.767. The summed E-state index contributed by atoms with van der Waals surface area (Å²) in [6, 6.07) is 15.7. The van der Waals surface area contributed by atoms with Crippen LogP contribution in [0.25, 0.3) is 16.3 Å². The number of fused-ring (bicyclic) bond motifs is 2. The highest BCUT2D eigenvalue weighted by Gasteiger charge is 2.30. The molecule has 0 spiro atoms. The van der Waals surface area contributed by atoms with E-state index in [-0.39, 0.29) is 18.6 Å². The third kappa shape index (κ3) is 3.61. The van der Waals surface area contributed by atoms with E-state index in [1.54, 1.807) is 11.0 Å². The van der Waals surface area contributed by atoms with Gasteiger partial charge >= 0.3 is 5.97 Å². The van der Waals surface area contributed by atoms with Crippen LogP contribution in [0.4, 0.5) is 5.69 Å². The van der Waals surface area contributed by atoms with E-state index in [9.17, 15) is 9.59 Å². The van der Waals surface area contributed by atoms with Crippen molar-refractivity contribution in [3.05, 3.63) is 65.2 Å². The molecule has 0 aliphatic carbocycles. The van der Waals surface area contributed by atoms with Crippen LogP contribution >= 0.6 is 11.3 Å². The number of rotatable bonds is 4. The van der Waals surface area contributed by atoms with Crippen LogP contribution in [0, 0.1) is 0 Å². The number of amides is 1. The first-order valence-electron chi connectivity index (χ1n) is 8.72. The lowest BCUT2D eigenvalue weighted by Crippen LogP contribution is -2.38. The maximum atomic E-state index is 12.5. The molecule has 2 aromatic carbocycles. The van der Waals surface area contributed by atoms with Gasteiger partial charge in [0, 0.05) is 17.8 Å². The number of thiazole rings is 1. The number of hydrogen-bond donors (Lipinski definition) is 0. The fraction of sp³-hybridized carbons (Fsp3) is 0.190. The normalized spacial score (nSPS) is 16.0. The van der Waals surface area contributed by atoms with E-state index in [1.165, 1.54) is 17.4 Å². The molecule has 0 bridgehead atoms. The van der Waals surface area contributed by atoms with Crippen molar-refractivity contribution in [1.82, 2.24) is 4.98 Å². The van der Waals surface area contributed by atoms with Gasteiger partial charge in [0.15, 0.2) is 6.61 Å². The van der Waals surface area contributed by atoms with Crippen molar-refractivity contribution in [2.75, 3.05) is 11.5 Å². The Morgan fingerprint density at radius 3 is 2.85 bits per heavy atom. The molecule has 2 heterocycles. The Bertz CT molecular complexity index is 1010. The Hall–Kier alpha value is -2.99. The molecule has 5 nitrogen and oxygen atoms in total. The van der Waals surface area contributed by atoms with Gasteiger partial charge < -0.3 is 9.64 Å². The zero-order valence-electron chi connectivity index (χ0n) is 14.8. The van der Waals surface area contributed by atoms with Crippen molar-refractivity contribution >= 4 is 45.2 Å². The average Bonchev–Trinajstić information content (AvgIpc) is 3.23. The van der Waals surface area contributed by atoms with Gasteiger partial charge in [0.1, 0.15) is 5.01 Å². The number of ether oxygens (including phenoxy) is 1. The van der Waals surface area contributed by atoms with Crippen LogP contribution in [0.5, 0.6) is 0 Å². The number of nitrogens with zero attached hydrogens (tertiary/aromatic N) is 2.